The highest BCUT2D eigenvalue weighted by atomic mass is 15.1. The fourth-order valence-electron chi connectivity index (χ4n) is 2.55. The van der Waals surface area contributed by atoms with Gasteiger partial charge >= 0.3 is 0 Å². The molecule has 0 atom stereocenters. The molecule has 0 amide bonds. The molecule has 122 valence electrons. The summed E-state index contributed by atoms with van der Waals surface area (Å²) in [6, 6.07) is 16.7. The molecular weight excluding hydrogens is 284 g/mol. The molecule has 23 heavy (non-hydrogen) atoms. The van der Waals surface area contributed by atoms with Crippen LogP contribution < -0.4 is 11.1 Å². The van der Waals surface area contributed by atoms with Crippen LogP contribution in [0.1, 0.15) is 16.7 Å². The van der Waals surface area contributed by atoms with Gasteiger partial charge in [0.1, 0.15) is 0 Å². The van der Waals surface area contributed by atoms with Crippen molar-refractivity contribution in [1.82, 2.24) is 4.90 Å². The summed E-state index contributed by atoms with van der Waals surface area (Å²) in [6.07, 6.45) is 0. The van der Waals surface area contributed by atoms with Crippen LogP contribution in [-0.2, 0) is 6.54 Å². The molecule has 0 heterocycles. The summed E-state index contributed by atoms with van der Waals surface area (Å²) < 4.78 is 0. The molecule has 2 aromatic carbocycles. The Morgan fingerprint density at radius 3 is 2.39 bits per heavy atom. The number of nitrogens with two attached hydrogens (primary N) is 1. The van der Waals surface area contributed by atoms with Gasteiger partial charge in [-0.2, -0.15) is 0 Å². The molecule has 0 unspecified atom stereocenters. The van der Waals surface area contributed by atoms with Crippen molar-refractivity contribution in [3.05, 3.63) is 65.2 Å². The maximum absolute atomic E-state index is 5.97. The van der Waals surface area contributed by atoms with E-state index in [0.717, 1.165) is 18.8 Å². The molecule has 3 N–H and O–H groups in total. The van der Waals surface area contributed by atoms with Crippen LogP contribution in [-0.4, -0.2) is 31.0 Å². The van der Waals surface area contributed by atoms with Crippen molar-refractivity contribution in [2.45, 2.75) is 20.4 Å². The zero-order valence-corrected chi connectivity index (χ0v) is 14.2. The average molecular weight is 310 g/mol. The van der Waals surface area contributed by atoms with Crippen molar-refractivity contribution >= 4 is 11.6 Å². The van der Waals surface area contributed by atoms with Gasteiger partial charge in [0.25, 0.3) is 0 Å². The monoisotopic (exact) mass is 310 g/mol. The van der Waals surface area contributed by atoms with E-state index in [1.807, 2.05) is 6.07 Å². The third kappa shape index (κ3) is 6.12. The van der Waals surface area contributed by atoms with Crippen molar-refractivity contribution in [3.8, 4) is 0 Å². The number of nitrogens with zero attached hydrogens (tertiary/aromatic N) is 2. The number of hydrogen-bond acceptors (Lipinski definition) is 2. The second kappa shape index (κ2) is 8.34. The van der Waals surface area contributed by atoms with E-state index in [1.165, 1.54) is 16.7 Å². The van der Waals surface area contributed by atoms with E-state index >= 15 is 0 Å². The Labute approximate surface area is 139 Å². The van der Waals surface area contributed by atoms with Crippen LogP contribution in [0.4, 0.5) is 5.69 Å². The van der Waals surface area contributed by atoms with Gasteiger partial charge in [0, 0.05) is 18.8 Å². The molecular formula is C19H26N4. The summed E-state index contributed by atoms with van der Waals surface area (Å²) in [6.45, 7) is 6.60. The van der Waals surface area contributed by atoms with Crippen LogP contribution in [0.15, 0.2) is 53.5 Å². The number of nitrogens with one attached hydrogen (secondary N) is 1. The Kier molecular flexibility index (Phi) is 6.18. The highest BCUT2D eigenvalue weighted by molar-refractivity contribution is 5.92. The molecule has 4 nitrogen and oxygen atoms in total. The fourth-order valence-corrected chi connectivity index (χ4v) is 2.55. The number of anilines is 1. The van der Waals surface area contributed by atoms with E-state index in [0.29, 0.717) is 12.5 Å². The molecule has 0 fully saturated rings. The number of rotatable bonds is 6. The quantitative estimate of drug-likeness (QED) is 0.636. The van der Waals surface area contributed by atoms with Crippen molar-refractivity contribution < 1.29 is 0 Å². The predicted molar refractivity (Wildman–Crippen MR) is 98.8 cm³/mol. The SMILES string of the molecule is Cc1cc(C)cc(NC(N)=NCCN(C)Cc2ccccc2)c1. The van der Waals surface area contributed by atoms with Crippen molar-refractivity contribution in [3.63, 3.8) is 0 Å². The zero-order chi connectivity index (χ0) is 16.7. The van der Waals surface area contributed by atoms with Gasteiger partial charge in [0.2, 0.25) is 0 Å². The second-order valence-corrected chi connectivity index (χ2v) is 5.99. The molecule has 0 bridgehead atoms. The van der Waals surface area contributed by atoms with Crippen molar-refractivity contribution in [1.29, 1.82) is 0 Å². The lowest BCUT2D eigenvalue weighted by molar-refractivity contribution is 0.336. The number of hydrogen-bond donors (Lipinski definition) is 2. The lowest BCUT2D eigenvalue weighted by Crippen LogP contribution is -2.26. The number of aryl methyl sites for hydroxylation is 2. The normalized spacial score (nSPS) is 11.7. The number of aliphatic imine (C=N–C) groups is 1. The van der Waals surface area contributed by atoms with Gasteiger partial charge in [-0.15, -0.1) is 0 Å². The minimum absolute atomic E-state index is 0.461. The van der Waals surface area contributed by atoms with Gasteiger partial charge in [-0.1, -0.05) is 36.4 Å². The molecule has 0 saturated carbocycles. The van der Waals surface area contributed by atoms with Crippen LogP contribution in [0, 0.1) is 13.8 Å². The van der Waals surface area contributed by atoms with Gasteiger partial charge in [-0.3, -0.25) is 4.99 Å². The molecule has 2 aromatic rings. The average Bonchev–Trinajstić information content (AvgIpc) is 2.47. The molecule has 4 heteroatoms. The van der Waals surface area contributed by atoms with Crippen molar-refractivity contribution in [2.24, 2.45) is 10.7 Å². The van der Waals surface area contributed by atoms with Gasteiger partial charge in [-0.05, 0) is 49.7 Å². The minimum atomic E-state index is 0.461. The maximum Gasteiger partial charge on any atom is 0.193 e. The Morgan fingerprint density at radius 1 is 1.09 bits per heavy atom. The lowest BCUT2D eigenvalue weighted by atomic mass is 10.1. The van der Waals surface area contributed by atoms with E-state index in [-0.39, 0.29) is 0 Å². The van der Waals surface area contributed by atoms with Crippen LogP contribution in [0.2, 0.25) is 0 Å². The summed E-state index contributed by atoms with van der Waals surface area (Å²) >= 11 is 0. The number of benzene rings is 2. The number of likely N-dealkylation sites (N-methyl/N-ethyl adjacent to an activating group) is 1. The largest absolute Gasteiger partial charge is 0.370 e. The molecule has 0 aliphatic carbocycles. The first-order valence-electron chi connectivity index (χ1n) is 7.90. The van der Waals surface area contributed by atoms with Crippen molar-refractivity contribution in [2.75, 3.05) is 25.5 Å². The first-order chi connectivity index (χ1) is 11.0. The summed E-state index contributed by atoms with van der Waals surface area (Å²) in [5, 5.41) is 3.16. The summed E-state index contributed by atoms with van der Waals surface area (Å²) in [5.41, 5.74) is 10.7. The van der Waals surface area contributed by atoms with Crippen LogP contribution >= 0.6 is 0 Å². The third-order valence-corrected chi connectivity index (χ3v) is 3.55. The Bertz CT molecular complexity index is 629. The molecule has 0 aromatic heterocycles. The first kappa shape index (κ1) is 17.0. The predicted octanol–water partition coefficient (Wildman–Crippen LogP) is 3.16. The molecule has 0 saturated heterocycles. The van der Waals surface area contributed by atoms with Gasteiger partial charge < -0.3 is 16.0 Å². The molecule has 0 spiro atoms. The second-order valence-electron chi connectivity index (χ2n) is 5.99. The van der Waals surface area contributed by atoms with E-state index < -0.39 is 0 Å². The first-order valence-corrected chi connectivity index (χ1v) is 7.90. The molecule has 0 aliphatic rings. The topological polar surface area (TPSA) is 53.6 Å². The number of guanidine groups is 1. The molecule has 0 radical (unpaired) electrons. The van der Waals surface area contributed by atoms with E-state index in [1.54, 1.807) is 0 Å². The van der Waals surface area contributed by atoms with E-state index in [9.17, 15) is 0 Å². The van der Waals surface area contributed by atoms with Crippen LogP contribution in [0.3, 0.4) is 0 Å². The molecule has 2 rings (SSSR count). The standard InChI is InChI=1S/C19H26N4/c1-15-11-16(2)13-18(12-15)22-19(20)21-9-10-23(3)14-17-7-5-4-6-8-17/h4-8,11-13H,9-10,14H2,1-3H3,(H3,20,21,22). The maximum atomic E-state index is 5.97. The smallest absolute Gasteiger partial charge is 0.193 e. The Balaban J connectivity index is 1.80. The fraction of sp³-hybridized carbons (Fsp3) is 0.316. The molecule has 0 aliphatic heterocycles. The summed E-state index contributed by atoms with van der Waals surface area (Å²) in [7, 11) is 2.09. The van der Waals surface area contributed by atoms with E-state index in [2.05, 4.69) is 78.6 Å². The minimum Gasteiger partial charge on any atom is -0.370 e. The zero-order valence-electron chi connectivity index (χ0n) is 14.2. The van der Waals surface area contributed by atoms with Gasteiger partial charge in [0.05, 0.1) is 6.54 Å². The highest BCUT2D eigenvalue weighted by Gasteiger charge is 2.00. The van der Waals surface area contributed by atoms with Gasteiger partial charge in [0.15, 0.2) is 5.96 Å². The van der Waals surface area contributed by atoms with Gasteiger partial charge in [-0.25, -0.2) is 0 Å². The lowest BCUT2D eigenvalue weighted by Gasteiger charge is -2.15. The summed E-state index contributed by atoms with van der Waals surface area (Å²) in [5.74, 6) is 0.461. The highest BCUT2D eigenvalue weighted by Crippen LogP contribution is 2.13. The Morgan fingerprint density at radius 2 is 1.74 bits per heavy atom. The van der Waals surface area contributed by atoms with E-state index in [4.69, 9.17) is 5.73 Å². The van der Waals surface area contributed by atoms with Crippen LogP contribution in [0.25, 0.3) is 0 Å². The third-order valence-electron chi connectivity index (χ3n) is 3.55. The van der Waals surface area contributed by atoms with Crippen LogP contribution in [0.5, 0.6) is 0 Å². The Hall–Kier alpha value is -2.33. The summed E-state index contributed by atoms with van der Waals surface area (Å²) in [4.78, 5) is 6.64.